The van der Waals surface area contributed by atoms with E-state index < -0.39 is 14.5 Å². The van der Waals surface area contributed by atoms with Crippen molar-refractivity contribution in [3.05, 3.63) is 182 Å². The van der Waals surface area contributed by atoms with Gasteiger partial charge in [0.05, 0.1) is 0 Å². The Labute approximate surface area is 259 Å². The number of benzene rings is 6. The van der Waals surface area contributed by atoms with Crippen molar-refractivity contribution in [1.29, 1.82) is 0 Å². The summed E-state index contributed by atoms with van der Waals surface area (Å²) in [6.07, 6.45) is 6.08. The molecule has 0 N–H and O–H groups in total. The molecule has 0 aliphatic rings. The van der Waals surface area contributed by atoms with E-state index in [4.69, 9.17) is 0 Å². The van der Waals surface area contributed by atoms with Crippen LogP contribution in [-0.4, -0.2) is 12.3 Å². The molecule has 0 bridgehead atoms. The molecule has 0 heterocycles. The average molecular weight is 597 g/mol. The van der Waals surface area contributed by atoms with E-state index in [0.29, 0.717) is 0 Å². The Hall–Kier alpha value is -3.82. The van der Waals surface area contributed by atoms with E-state index in [0.717, 1.165) is 0 Å². The summed E-state index contributed by atoms with van der Waals surface area (Å²) < 4.78 is 0. The number of rotatable bonds is 12. The minimum atomic E-state index is -2.20. The first-order valence-corrected chi connectivity index (χ1v) is 20.1. The van der Waals surface area contributed by atoms with Gasteiger partial charge in [-0.2, -0.15) is 0 Å². The van der Waals surface area contributed by atoms with Gasteiger partial charge < -0.3 is 0 Å². The normalized spacial score (nSPS) is 12.5. The van der Waals surface area contributed by atoms with Crippen LogP contribution in [0.5, 0.6) is 0 Å². The van der Waals surface area contributed by atoms with E-state index in [-0.39, 0.29) is 0 Å². The minimum absolute atomic E-state index is 1.21. The fourth-order valence-corrected chi connectivity index (χ4v) is 17.0. The molecule has 0 spiro atoms. The third kappa shape index (κ3) is 6.15. The zero-order chi connectivity index (χ0) is 29.2. The van der Waals surface area contributed by atoms with Crippen LogP contribution in [0.4, 0.5) is 0 Å². The summed E-state index contributed by atoms with van der Waals surface area (Å²) in [6, 6.07) is 68.2. The second kappa shape index (κ2) is 14.1. The van der Waals surface area contributed by atoms with Gasteiger partial charge >= 0.3 is 260 Å². The van der Waals surface area contributed by atoms with E-state index in [1.54, 1.807) is 0 Å². The molecule has 0 fully saturated rings. The van der Waals surface area contributed by atoms with E-state index >= 15 is 0 Å². The van der Waals surface area contributed by atoms with Crippen LogP contribution in [0.25, 0.3) is 0 Å². The van der Waals surface area contributed by atoms with E-state index in [1.807, 2.05) is 0 Å². The van der Waals surface area contributed by atoms with Crippen LogP contribution in [0.1, 0.15) is 19.3 Å². The Morgan fingerprint density at radius 3 is 0.605 bits per heavy atom. The standard InChI is InChI=1S/C41H42P2/c1-8-22-36(23-9-1)42(37-24-10-2-11-25-37,38-26-12-3-13-27-38)34-20-7-21-35-43(39-28-14-4-15-29-39,40-30-16-5-17-31-40)41-32-18-6-19-33-41/h1-6,8-19,22-33,42-43H,7,20-21,34-35H2. The van der Waals surface area contributed by atoms with Gasteiger partial charge in [-0.05, 0) is 0 Å². The van der Waals surface area contributed by atoms with Crippen LogP contribution < -0.4 is 31.8 Å². The summed E-state index contributed by atoms with van der Waals surface area (Å²) in [5.41, 5.74) is 0. The molecule has 6 aromatic rings. The van der Waals surface area contributed by atoms with Crippen molar-refractivity contribution in [2.45, 2.75) is 19.3 Å². The van der Waals surface area contributed by atoms with Crippen LogP contribution in [0, 0.1) is 0 Å². The van der Waals surface area contributed by atoms with Crippen LogP contribution in [0.15, 0.2) is 182 Å². The fourth-order valence-electron chi connectivity index (χ4n) is 7.16. The molecule has 0 aliphatic carbocycles. The van der Waals surface area contributed by atoms with Gasteiger partial charge in [0.2, 0.25) is 0 Å². The first-order valence-electron chi connectivity index (χ1n) is 15.7. The fraction of sp³-hybridized carbons (Fsp3) is 0.122. The molecule has 0 radical (unpaired) electrons. The second-order valence-electron chi connectivity index (χ2n) is 11.6. The first kappa shape index (κ1) is 29.3. The monoisotopic (exact) mass is 596 g/mol. The zero-order valence-electron chi connectivity index (χ0n) is 24.9. The Bertz CT molecular complexity index is 1330. The Kier molecular flexibility index (Phi) is 9.60. The predicted molar refractivity (Wildman–Crippen MR) is 197 cm³/mol. The number of hydrogen-bond donors (Lipinski definition) is 0. The molecular weight excluding hydrogens is 554 g/mol. The van der Waals surface area contributed by atoms with Gasteiger partial charge in [-0.25, -0.2) is 0 Å². The van der Waals surface area contributed by atoms with Gasteiger partial charge in [-0.15, -0.1) is 0 Å². The van der Waals surface area contributed by atoms with Crippen LogP contribution >= 0.6 is 14.5 Å². The molecule has 0 unspecified atom stereocenters. The van der Waals surface area contributed by atoms with Gasteiger partial charge in [-0.3, -0.25) is 0 Å². The van der Waals surface area contributed by atoms with E-state index in [1.165, 1.54) is 63.4 Å². The van der Waals surface area contributed by atoms with Gasteiger partial charge in [0.25, 0.3) is 0 Å². The van der Waals surface area contributed by atoms with Crippen LogP contribution in [0.3, 0.4) is 0 Å². The molecule has 43 heavy (non-hydrogen) atoms. The van der Waals surface area contributed by atoms with Crippen molar-refractivity contribution in [2.75, 3.05) is 12.3 Å². The van der Waals surface area contributed by atoms with Crippen LogP contribution in [0.2, 0.25) is 0 Å². The molecule has 6 aromatic carbocycles. The van der Waals surface area contributed by atoms with Crippen molar-refractivity contribution < 1.29 is 0 Å². The van der Waals surface area contributed by atoms with Crippen molar-refractivity contribution in [2.24, 2.45) is 0 Å². The van der Waals surface area contributed by atoms with Crippen molar-refractivity contribution >= 4 is 46.4 Å². The molecular formula is C41H42P2. The van der Waals surface area contributed by atoms with Crippen molar-refractivity contribution in [3.8, 4) is 0 Å². The SMILES string of the molecule is c1ccc([PH](CCCCC[PH](c2ccccc2)(c2ccccc2)c2ccccc2)(c2ccccc2)c2ccccc2)cc1. The van der Waals surface area contributed by atoms with Gasteiger partial charge in [0.15, 0.2) is 0 Å². The third-order valence-corrected chi connectivity index (χ3v) is 19.3. The molecule has 2 heteroatoms. The predicted octanol–water partition coefficient (Wildman–Crippen LogP) is 7.61. The molecule has 0 saturated carbocycles. The molecule has 0 amide bonds. The van der Waals surface area contributed by atoms with E-state index in [9.17, 15) is 0 Å². The molecule has 0 atom stereocenters. The molecule has 0 nitrogen and oxygen atoms in total. The van der Waals surface area contributed by atoms with Crippen molar-refractivity contribution in [1.82, 2.24) is 0 Å². The molecule has 0 aromatic heterocycles. The first-order chi connectivity index (χ1) is 21.3. The summed E-state index contributed by atoms with van der Waals surface area (Å²) in [4.78, 5) is 0. The Morgan fingerprint density at radius 1 is 0.233 bits per heavy atom. The molecule has 6 rings (SSSR count). The Morgan fingerprint density at radius 2 is 0.419 bits per heavy atom. The summed E-state index contributed by atoms with van der Waals surface area (Å²) in [6.45, 7) is 0. The summed E-state index contributed by atoms with van der Waals surface area (Å²) in [5, 5.41) is 9.05. The van der Waals surface area contributed by atoms with Crippen molar-refractivity contribution in [3.63, 3.8) is 0 Å². The molecule has 216 valence electrons. The Balaban J connectivity index is 1.33. The van der Waals surface area contributed by atoms with Gasteiger partial charge in [-0.1, -0.05) is 0 Å². The van der Waals surface area contributed by atoms with Crippen LogP contribution in [-0.2, 0) is 0 Å². The van der Waals surface area contributed by atoms with Gasteiger partial charge in [0.1, 0.15) is 0 Å². The zero-order valence-corrected chi connectivity index (χ0v) is 26.9. The topological polar surface area (TPSA) is 0 Å². The molecule has 0 aliphatic heterocycles. The third-order valence-electron chi connectivity index (χ3n) is 9.20. The second-order valence-corrected chi connectivity index (χ2v) is 19.7. The number of hydrogen-bond acceptors (Lipinski definition) is 0. The summed E-state index contributed by atoms with van der Waals surface area (Å²) >= 11 is 0. The average Bonchev–Trinajstić information content (AvgIpc) is 3.11. The van der Waals surface area contributed by atoms with E-state index in [2.05, 4.69) is 182 Å². The van der Waals surface area contributed by atoms with Gasteiger partial charge in [0, 0.05) is 0 Å². The quantitative estimate of drug-likeness (QED) is 0.101. The summed E-state index contributed by atoms with van der Waals surface area (Å²) in [7, 11) is -4.40. The molecule has 0 saturated heterocycles. The maximum atomic E-state index is 2.38. The summed E-state index contributed by atoms with van der Waals surface area (Å²) in [5.74, 6) is 0. The number of unbranched alkanes of at least 4 members (excludes halogenated alkanes) is 2. The maximum absolute atomic E-state index is 2.38.